The third kappa shape index (κ3) is 4.68. The fourth-order valence-electron chi connectivity index (χ4n) is 3.91. The predicted octanol–water partition coefficient (Wildman–Crippen LogP) is 4.80. The van der Waals surface area contributed by atoms with Crippen LogP contribution in [-0.4, -0.2) is 37.9 Å². The van der Waals surface area contributed by atoms with Gasteiger partial charge in [0.25, 0.3) is 0 Å². The van der Waals surface area contributed by atoms with Crippen molar-refractivity contribution in [2.75, 3.05) is 27.4 Å². The summed E-state index contributed by atoms with van der Waals surface area (Å²) in [5.74, 6) is 3.26. The molecule has 1 heterocycles. The van der Waals surface area contributed by atoms with Crippen LogP contribution in [0.15, 0.2) is 42.5 Å². The molecule has 4 rings (SSSR count). The van der Waals surface area contributed by atoms with E-state index in [0.29, 0.717) is 0 Å². The molecule has 0 N–H and O–H groups in total. The Balaban J connectivity index is 1.54. The van der Waals surface area contributed by atoms with Crippen LogP contribution in [0.1, 0.15) is 44.0 Å². The quantitative estimate of drug-likeness (QED) is 0.640. The fraction of sp³-hybridized carbons (Fsp3) is 0.500. The van der Waals surface area contributed by atoms with Gasteiger partial charge in [-0.25, -0.2) is 0 Å². The lowest BCUT2D eigenvalue weighted by molar-refractivity contribution is -0.0445. The minimum Gasteiger partial charge on any atom is -0.496 e. The van der Waals surface area contributed by atoms with E-state index in [0.717, 1.165) is 48.4 Å². The lowest BCUT2D eigenvalue weighted by Crippen LogP contribution is -2.28. The van der Waals surface area contributed by atoms with Gasteiger partial charge in [-0.15, -0.1) is 0 Å². The van der Waals surface area contributed by atoms with Gasteiger partial charge in [-0.3, -0.25) is 4.90 Å². The Morgan fingerprint density at radius 3 is 2.24 bits per heavy atom. The van der Waals surface area contributed by atoms with Crippen LogP contribution in [0.2, 0.25) is 0 Å². The highest BCUT2D eigenvalue weighted by molar-refractivity contribution is 5.46. The van der Waals surface area contributed by atoms with Crippen molar-refractivity contribution in [3.05, 3.63) is 53.6 Å². The van der Waals surface area contributed by atoms with E-state index in [2.05, 4.69) is 43.0 Å². The molecule has 0 spiro atoms. The smallest absolute Gasteiger partial charge is 0.145 e. The molecule has 0 bridgehead atoms. The molecule has 0 radical (unpaired) electrons. The van der Waals surface area contributed by atoms with Gasteiger partial charge in [-0.05, 0) is 62.4 Å². The summed E-state index contributed by atoms with van der Waals surface area (Å²) in [6.45, 7) is 6.67. The third-order valence-electron chi connectivity index (χ3n) is 5.55. The highest BCUT2D eigenvalue weighted by Gasteiger charge is 2.41. The largest absolute Gasteiger partial charge is 0.496 e. The summed E-state index contributed by atoms with van der Waals surface area (Å²) in [5, 5.41) is 0. The molecule has 29 heavy (non-hydrogen) atoms. The van der Waals surface area contributed by atoms with E-state index in [1.54, 1.807) is 14.2 Å². The number of methoxy groups -OCH3 is 2. The zero-order valence-electron chi connectivity index (χ0n) is 17.8. The summed E-state index contributed by atoms with van der Waals surface area (Å²) in [4.78, 5) is 2.33. The maximum Gasteiger partial charge on any atom is 0.145 e. The van der Waals surface area contributed by atoms with E-state index in [1.165, 1.54) is 18.4 Å². The summed E-state index contributed by atoms with van der Waals surface area (Å²) in [5.41, 5.74) is 1.90. The first-order valence-corrected chi connectivity index (χ1v) is 10.3. The van der Waals surface area contributed by atoms with E-state index < -0.39 is 0 Å². The van der Waals surface area contributed by atoms with Gasteiger partial charge in [0, 0.05) is 13.1 Å². The number of nitrogens with zero attached hydrogens (tertiary/aromatic N) is 1. The summed E-state index contributed by atoms with van der Waals surface area (Å²) < 4.78 is 23.6. The van der Waals surface area contributed by atoms with Crippen molar-refractivity contribution >= 4 is 0 Å². The molecule has 0 amide bonds. The maximum absolute atomic E-state index is 6.44. The first-order valence-electron chi connectivity index (χ1n) is 10.3. The van der Waals surface area contributed by atoms with Crippen molar-refractivity contribution in [1.82, 2.24) is 4.90 Å². The first kappa shape index (κ1) is 20.0. The number of benzene rings is 2. The van der Waals surface area contributed by atoms with Crippen molar-refractivity contribution in [2.45, 2.75) is 45.1 Å². The normalized spacial score (nSPS) is 21.2. The molecule has 2 aromatic carbocycles. The van der Waals surface area contributed by atoms with Gasteiger partial charge in [-0.2, -0.15) is 0 Å². The van der Waals surface area contributed by atoms with Crippen LogP contribution < -0.4 is 14.2 Å². The Bertz CT molecular complexity index is 807. The predicted molar refractivity (Wildman–Crippen MR) is 113 cm³/mol. The molecule has 1 unspecified atom stereocenters. The number of hydrogen-bond donors (Lipinski definition) is 0. The van der Waals surface area contributed by atoms with Crippen LogP contribution in [0.3, 0.4) is 0 Å². The Morgan fingerprint density at radius 2 is 1.66 bits per heavy atom. The molecule has 5 heteroatoms. The molecule has 1 saturated carbocycles. The maximum atomic E-state index is 6.44. The zero-order valence-corrected chi connectivity index (χ0v) is 17.8. The highest BCUT2D eigenvalue weighted by Crippen LogP contribution is 2.44. The zero-order chi connectivity index (χ0) is 20.4. The van der Waals surface area contributed by atoms with Crippen molar-refractivity contribution < 1.29 is 18.9 Å². The Hall–Kier alpha value is -2.24. The Morgan fingerprint density at radius 1 is 1.00 bits per heavy atom. The van der Waals surface area contributed by atoms with Gasteiger partial charge in [0.2, 0.25) is 0 Å². The van der Waals surface area contributed by atoms with E-state index >= 15 is 0 Å². The average Bonchev–Trinajstić information content (AvgIpc) is 3.50. The first-order chi connectivity index (χ1) is 14.0. The Kier molecular flexibility index (Phi) is 5.70. The van der Waals surface area contributed by atoms with Crippen molar-refractivity contribution in [2.24, 2.45) is 5.92 Å². The summed E-state index contributed by atoms with van der Waals surface area (Å²) >= 11 is 0. The lowest BCUT2D eigenvalue weighted by atomic mass is 10.1. The summed E-state index contributed by atoms with van der Waals surface area (Å²) in [6.07, 6.45) is 2.37. The summed E-state index contributed by atoms with van der Waals surface area (Å²) in [6, 6.07) is 14.3. The van der Waals surface area contributed by atoms with E-state index in [4.69, 9.17) is 18.9 Å². The minimum absolute atomic E-state index is 0.234. The van der Waals surface area contributed by atoms with Gasteiger partial charge < -0.3 is 18.9 Å². The molecule has 2 fully saturated rings. The molecule has 1 aliphatic carbocycles. The molecular formula is C24H31NO4. The molecule has 1 atom stereocenters. The summed E-state index contributed by atoms with van der Waals surface area (Å²) in [7, 11) is 3.37. The number of hydrogen-bond acceptors (Lipinski definition) is 5. The molecule has 1 saturated heterocycles. The third-order valence-corrected chi connectivity index (χ3v) is 5.55. The van der Waals surface area contributed by atoms with Gasteiger partial charge in [0.1, 0.15) is 23.5 Å². The molecule has 5 nitrogen and oxygen atoms in total. The second-order valence-corrected chi connectivity index (χ2v) is 8.61. The minimum atomic E-state index is -0.260. The molecular weight excluding hydrogens is 366 g/mol. The second kappa shape index (κ2) is 8.25. The van der Waals surface area contributed by atoms with E-state index in [9.17, 15) is 0 Å². The average molecular weight is 398 g/mol. The highest BCUT2D eigenvalue weighted by atomic mass is 16.5. The van der Waals surface area contributed by atoms with Gasteiger partial charge in [0.15, 0.2) is 0 Å². The van der Waals surface area contributed by atoms with Crippen LogP contribution in [0.5, 0.6) is 17.2 Å². The monoisotopic (exact) mass is 397 g/mol. The molecule has 0 aromatic heterocycles. The van der Waals surface area contributed by atoms with Crippen molar-refractivity contribution in [1.29, 1.82) is 0 Å². The van der Waals surface area contributed by atoms with Gasteiger partial charge >= 0.3 is 0 Å². The van der Waals surface area contributed by atoms with Gasteiger partial charge in [0.05, 0.1) is 32.0 Å². The molecule has 2 aliphatic rings. The van der Waals surface area contributed by atoms with Crippen molar-refractivity contribution in [3.63, 3.8) is 0 Å². The van der Waals surface area contributed by atoms with Crippen LogP contribution >= 0.6 is 0 Å². The molecule has 1 aliphatic heterocycles. The van der Waals surface area contributed by atoms with E-state index in [-0.39, 0.29) is 11.8 Å². The SMILES string of the molecule is COc1cccc(OC)c1C1OC(C)(C)CN1Cc1ccc(OCC2CC2)cc1. The molecule has 2 aromatic rings. The standard InChI is InChI=1S/C24H31NO4/c1-24(2)16-25(14-17-10-12-19(13-11-17)28-15-18-8-9-18)23(29-24)22-20(26-3)6-5-7-21(22)27-4/h5-7,10-13,18,23H,8-9,14-16H2,1-4H3. The van der Waals surface area contributed by atoms with Crippen LogP contribution in [0.25, 0.3) is 0 Å². The fourth-order valence-corrected chi connectivity index (χ4v) is 3.91. The molecule has 156 valence electrons. The lowest BCUT2D eigenvalue weighted by Gasteiger charge is -2.26. The topological polar surface area (TPSA) is 40.2 Å². The van der Waals surface area contributed by atoms with E-state index in [1.807, 2.05) is 18.2 Å². The number of ether oxygens (including phenoxy) is 4. The van der Waals surface area contributed by atoms with Crippen molar-refractivity contribution in [3.8, 4) is 17.2 Å². The van der Waals surface area contributed by atoms with Crippen LogP contribution in [0, 0.1) is 5.92 Å². The van der Waals surface area contributed by atoms with Crippen LogP contribution in [-0.2, 0) is 11.3 Å². The van der Waals surface area contributed by atoms with Gasteiger partial charge in [-0.1, -0.05) is 18.2 Å². The van der Waals surface area contributed by atoms with Crippen LogP contribution in [0.4, 0.5) is 0 Å². The Labute approximate surface area is 173 Å². The second-order valence-electron chi connectivity index (χ2n) is 8.61. The number of rotatable bonds is 8.